The fourth-order valence-electron chi connectivity index (χ4n) is 4.40. The molecule has 3 heterocycles. The summed E-state index contributed by atoms with van der Waals surface area (Å²) >= 11 is 1.76. The number of benzene rings is 1. The molecule has 2 N–H and O–H groups in total. The van der Waals surface area contributed by atoms with E-state index in [4.69, 9.17) is 0 Å². The molecule has 1 aromatic carbocycles. The number of nitrogens with zero attached hydrogens (tertiary/aromatic N) is 3. The molecule has 130 valence electrons. The molecule has 5 rings (SSSR count). The van der Waals surface area contributed by atoms with E-state index in [2.05, 4.69) is 49.0 Å². The van der Waals surface area contributed by atoms with Crippen LogP contribution in [0.5, 0.6) is 0 Å². The van der Waals surface area contributed by atoms with Gasteiger partial charge in [0, 0.05) is 29.5 Å². The van der Waals surface area contributed by atoms with Crippen LogP contribution in [0, 0.1) is 5.41 Å². The first kappa shape index (κ1) is 15.5. The monoisotopic (exact) mass is 353 g/mol. The number of thiazole rings is 1. The Labute approximate surface area is 151 Å². The van der Waals surface area contributed by atoms with Crippen LogP contribution in [-0.2, 0) is 13.1 Å². The van der Waals surface area contributed by atoms with E-state index < -0.39 is 0 Å². The van der Waals surface area contributed by atoms with E-state index >= 15 is 0 Å². The number of aromatic nitrogens is 3. The van der Waals surface area contributed by atoms with Crippen LogP contribution in [0.2, 0.25) is 0 Å². The molecular formula is C19H23N5S. The van der Waals surface area contributed by atoms with Gasteiger partial charge in [0.25, 0.3) is 0 Å². The average molecular weight is 353 g/mol. The smallest absolute Gasteiger partial charge is 0.107 e. The Morgan fingerprint density at radius 2 is 2.16 bits per heavy atom. The zero-order chi connectivity index (χ0) is 16.7. The van der Waals surface area contributed by atoms with Crippen molar-refractivity contribution >= 4 is 22.2 Å². The number of hydrogen-bond acceptors (Lipinski definition) is 5. The lowest BCUT2D eigenvalue weighted by atomic mass is 9.93. The third-order valence-corrected chi connectivity index (χ3v) is 6.66. The predicted octanol–water partition coefficient (Wildman–Crippen LogP) is 3.16. The first-order chi connectivity index (χ1) is 12.3. The van der Waals surface area contributed by atoms with Crippen LogP contribution in [0.25, 0.3) is 10.9 Å². The molecule has 3 aromatic rings. The summed E-state index contributed by atoms with van der Waals surface area (Å²) < 4.78 is 0. The van der Waals surface area contributed by atoms with E-state index in [-0.39, 0.29) is 0 Å². The standard InChI is InChI=1S/C19H23N5S/c1-2-15-11-22-23-16(15)9-14(1)12-24(13-18-21-7-8-25-18)17-10-19(17)3-5-20-6-4-19/h1-2,7-9,11,17,20H,3-6,10,12-13H2,(H,22,23). The van der Waals surface area contributed by atoms with Gasteiger partial charge in [0.15, 0.2) is 0 Å². The van der Waals surface area contributed by atoms with Gasteiger partial charge in [0.1, 0.15) is 5.01 Å². The van der Waals surface area contributed by atoms with E-state index in [0.717, 1.165) is 18.6 Å². The van der Waals surface area contributed by atoms with Gasteiger partial charge in [-0.1, -0.05) is 12.1 Å². The Hall–Kier alpha value is -1.76. The molecule has 2 aliphatic rings. The van der Waals surface area contributed by atoms with Gasteiger partial charge >= 0.3 is 0 Å². The lowest BCUT2D eigenvalue weighted by Crippen LogP contribution is -2.35. The van der Waals surface area contributed by atoms with Crippen LogP contribution in [-0.4, -0.2) is 39.2 Å². The quantitative estimate of drug-likeness (QED) is 0.740. The Kier molecular flexibility index (Phi) is 3.84. The third-order valence-electron chi connectivity index (χ3n) is 5.90. The van der Waals surface area contributed by atoms with Gasteiger partial charge in [-0.2, -0.15) is 5.10 Å². The molecule has 25 heavy (non-hydrogen) atoms. The lowest BCUT2D eigenvalue weighted by molar-refractivity contribution is 0.188. The number of aromatic amines is 1. The van der Waals surface area contributed by atoms with Crippen molar-refractivity contribution in [2.24, 2.45) is 5.41 Å². The Bertz CT molecular complexity index is 850. The predicted molar refractivity (Wildman–Crippen MR) is 100 cm³/mol. The largest absolute Gasteiger partial charge is 0.317 e. The molecule has 5 nitrogen and oxygen atoms in total. The van der Waals surface area contributed by atoms with Crippen molar-refractivity contribution < 1.29 is 0 Å². The molecule has 6 heteroatoms. The second-order valence-electron chi connectivity index (χ2n) is 7.45. The van der Waals surface area contributed by atoms with Crippen molar-refractivity contribution in [2.45, 2.75) is 38.4 Å². The van der Waals surface area contributed by atoms with E-state index in [9.17, 15) is 0 Å². The van der Waals surface area contributed by atoms with Gasteiger partial charge in [0.05, 0.1) is 18.3 Å². The number of rotatable bonds is 5. The highest BCUT2D eigenvalue weighted by atomic mass is 32.1. The second kappa shape index (κ2) is 6.20. The maximum Gasteiger partial charge on any atom is 0.107 e. The minimum absolute atomic E-state index is 0.542. The molecule has 0 radical (unpaired) electrons. The van der Waals surface area contributed by atoms with Crippen LogP contribution >= 0.6 is 11.3 Å². The summed E-state index contributed by atoms with van der Waals surface area (Å²) in [6.45, 7) is 4.27. The highest BCUT2D eigenvalue weighted by molar-refractivity contribution is 7.09. The summed E-state index contributed by atoms with van der Waals surface area (Å²) in [6, 6.07) is 7.35. The van der Waals surface area contributed by atoms with Crippen LogP contribution in [0.1, 0.15) is 29.8 Å². The summed E-state index contributed by atoms with van der Waals surface area (Å²) in [4.78, 5) is 7.19. The van der Waals surface area contributed by atoms with Gasteiger partial charge in [-0.05, 0) is 49.4 Å². The van der Waals surface area contributed by atoms with E-state index in [1.807, 2.05) is 12.4 Å². The highest BCUT2D eigenvalue weighted by Gasteiger charge is 2.56. The summed E-state index contributed by atoms with van der Waals surface area (Å²) in [5.41, 5.74) is 3.02. The van der Waals surface area contributed by atoms with Crippen molar-refractivity contribution in [3.8, 4) is 0 Å². The Morgan fingerprint density at radius 3 is 3.00 bits per heavy atom. The van der Waals surface area contributed by atoms with Crippen LogP contribution in [0.15, 0.2) is 36.0 Å². The fraction of sp³-hybridized carbons (Fsp3) is 0.474. The van der Waals surface area contributed by atoms with E-state index in [1.165, 1.54) is 48.3 Å². The maximum absolute atomic E-state index is 4.53. The van der Waals surface area contributed by atoms with Gasteiger partial charge in [-0.25, -0.2) is 4.98 Å². The SMILES string of the molecule is c1csc(CN(Cc2ccc3cn[nH]c3c2)C2CC23CCNCC3)n1. The zero-order valence-electron chi connectivity index (χ0n) is 14.2. The van der Waals surface area contributed by atoms with Crippen molar-refractivity contribution in [1.29, 1.82) is 0 Å². The number of piperidine rings is 1. The van der Waals surface area contributed by atoms with E-state index in [1.54, 1.807) is 11.3 Å². The van der Waals surface area contributed by atoms with Crippen LogP contribution in [0.4, 0.5) is 0 Å². The molecule has 2 fully saturated rings. The molecule has 0 amide bonds. The van der Waals surface area contributed by atoms with Gasteiger partial charge < -0.3 is 5.32 Å². The molecule has 1 atom stereocenters. The minimum atomic E-state index is 0.542. The Morgan fingerprint density at radius 1 is 1.24 bits per heavy atom. The molecule has 1 saturated carbocycles. The molecular weight excluding hydrogens is 330 g/mol. The number of hydrogen-bond donors (Lipinski definition) is 2. The van der Waals surface area contributed by atoms with Crippen molar-refractivity contribution in [3.63, 3.8) is 0 Å². The van der Waals surface area contributed by atoms with Crippen molar-refractivity contribution in [1.82, 2.24) is 25.4 Å². The second-order valence-corrected chi connectivity index (χ2v) is 8.43. The molecule has 1 aliphatic heterocycles. The molecule has 1 spiro atoms. The molecule has 1 saturated heterocycles. The topological polar surface area (TPSA) is 56.8 Å². The van der Waals surface area contributed by atoms with Crippen LogP contribution in [0.3, 0.4) is 0 Å². The summed E-state index contributed by atoms with van der Waals surface area (Å²) in [5.74, 6) is 0. The zero-order valence-corrected chi connectivity index (χ0v) is 15.1. The van der Waals surface area contributed by atoms with Gasteiger partial charge in [-0.3, -0.25) is 10.00 Å². The maximum atomic E-state index is 4.53. The molecule has 2 aromatic heterocycles. The fourth-order valence-corrected chi connectivity index (χ4v) is 5.04. The van der Waals surface area contributed by atoms with Crippen LogP contribution < -0.4 is 5.32 Å². The van der Waals surface area contributed by atoms with Crippen molar-refractivity contribution in [2.75, 3.05) is 13.1 Å². The minimum Gasteiger partial charge on any atom is -0.317 e. The van der Waals surface area contributed by atoms with Crippen molar-refractivity contribution in [3.05, 3.63) is 46.5 Å². The summed E-state index contributed by atoms with van der Waals surface area (Å²) in [6.07, 6.45) is 7.77. The highest BCUT2D eigenvalue weighted by Crippen LogP contribution is 2.56. The third kappa shape index (κ3) is 2.99. The summed E-state index contributed by atoms with van der Waals surface area (Å²) in [5, 5.41) is 15.2. The average Bonchev–Trinajstić information content (AvgIpc) is 3.01. The number of nitrogens with one attached hydrogen (secondary N) is 2. The number of fused-ring (bicyclic) bond motifs is 1. The normalized spacial score (nSPS) is 22.0. The van der Waals surface area contributed by atoms with E-state index in [0.29, 0.717) is 11.5 Å². The van der Waals surface area contributed by atoms with Gasteiger partial charge in [-0.15, -0.1) is 11.3 Å². The Balaban J connectivity index is 1.39. The lowest BCUT2D eigenvalue weighted by Gasteiger charge is -2.29. The van der Waals surface area contributed by atoms with Gasteiger partial charge in [0.2, 0.25) is 0 Å². The molecule has 1 unspecified atom stereocenters. The first-order valence-electron chi connectivity index (χ1n) is 9.08. The molecule has 1 aliphatic carbocycles. The summed E-state index contributed by atoms with van der Waals surface area (Å²) in [7, 11) is 0. The number of H-pyrrole nitrogens is 1. The first-order valence-corrected chi connectivity index (χ1v) is 9.96. The molecule has 0 bridgehead atoms.